The van der Waals surface area contributed by atoms with Crippen LogP contribution in [0.3, 0.4) is 0 Å². The number of nitrogens with zero attached hydrogens (tertiary/aromatic N) is 3. The molecule has 2 aliphatic heterocycles. The maximum atomic E-state index is 14.0. The third-order valence-corrected chi connectivity index (χ3v) is 9.02. The average Bonchev–Trinajstić information content (AvgIpc) is 3.29. The Labute approximate surface area is 220 Å². The fourth-order valence-corrected chi connectivity index (χ4v) is 6.68. The molecule has 1 aromatic carbocycles. The van der Waals surface area contributed by atoms with Crippen LogP contribution in [0.5, 0.6) is 0 Å². The zero-order valence-corrected chi connectivity index (χ0v) is 22.2. The fraction of sp³-hybridized carbons (Fsp3) is 0.500. The van der Waals surface area contributed by atoms with E-state index in [1.165, 1.54) is 29.4 Å². The monoisotopic (exact) mass is 551 g/mol. The van der Waals surface area contributed by atoms with Gasteiger partial charge in [-0.05, 0) is 63.8 Å². The summed E-state index contributed by atoms with van der Waals surface area (Å²) in [7, 11) is -4.02. The number of benzene rings is 1. The number of aryl methyl sites for hydroxylation is 1. The van der Waals surface area contributed by atoms with Crippen molar-refractivity contribution in [3.05, 3.63) is 46.9 Å². The summed E-state index contributed by atoms with van der Waals surface area (Å²) in [6.07, 6.45) is 4.66. The van der Waals surface area contributed by atoms with Crippen LogP contribution in [0.25, 0.3) is 12.2 Å². The van der Waals surface area contributed by atoms with Crippen molar-refractivity contribution in [2.75, 3.05) is 32.8 Å². The highest BCUT2D eigenvalue weighted by molar-refractivity contribution is 7.89. The second-order valence-electron chi connectivity index (χ2n) is 9.51. The number of carbonyl (C=O) groups is 2. The molecule has 1 aromatic heterocycles. The van der Waals surface area contributed by atoms with E-state index in [1.54, 1.807) is 11.8 Å². The molecule has 38 heavy (non-hydrogen) atoms. The zero-order chi connectivity index (χ0) is 27.4. The molecule has 206 valence electrons. The number of halogens is 2. The van der Waals surface area contributed by atoms with E-state index in [0.717, 1.165) is 12.1 Å². The number of carbonyl (C=O) groups excluding carboxylic acids is 2. The lowest BCUT2D eigenvalue weighted by Crippen LogP contribution is -2.48. The first-order valence-electron chi connectivity index (χ1n) is 12.7. The van der Waals surface area contributed by atoms with Crippen LogP contribution in [0.2, 0.25) is 0 Å². The number of esters is 1. The fourth-order valence-electron chi connectivity index (χ4n) is 4.96. The molecule has 0 saturated carbocycles. The maximum Gasteiger partial charge on any atom is 0.310 e. The Morgan fingerprint density at radius 1 is 1.13 bits per heavy atom. The Bertz CT molecular complexity index is 1320. The smallest absolute Gasteiger partial charge is 0.310 e. The number of ether oxygens (including phenoxy) is 1. The summed E-state index contributed by atoms with van der Waals surface area (Å²) < 4.78 is 65.8. The molecule has 1 unspecified atom stereocenters. The molecular formula is C26H31F2N3O6S. The number of piperidine rings is 2. The van der Waals surface area contributed by atoms with Crippen molar-refractivity contribution in [2.24, 2.45) is 11.8 Å². The van der Waals surface area contributed by atoms with E-state index >= 15 is 0 Å². The number of rotatable bonds is 7. The first-order chi connectivity index (χ1) is 18.1. The van der Waals surface area contributed by atoms with Crippen LogP contribution in [-0.2, 0) is 24.3 Å². The zero-order valence-electron chi connectivity index (χ0n) is 21.4. The second-order valence-corrected chi connectivity index (χ2v) is 11.4. The van der Waals surface area contributed by atoms with Gasteiger partial charge >= 0.3 is 5.97 Å². The predicted molar refractivity (Wildman–Crippen MR) is 134 cm³/mol. The Morgan fingerprint density at radius 2 is 1.87 bits per heavy atom. The molecule has 0 aliphatic carbocycles. The van der Waals surface area contributed by atoms with Crippen molar-refractivity contribution in [3.8, 4) is 0 Å². The largest absolute Gasteiger partial charge is 0.466 e. The molecule has 2 aliphatic rings. The standard InChI is InChI=1S/C26H31F2N3O6S/c1-3-36-26(33)20-5-4-12-30(16-20)25(32)19-10-13-31(14-11-19)38(34,35)24-17(2)29-37-23(24)9-7-18-6-8-21(27)15-22(18)28/h6-9,15,19-20H,3-5,10-14,16H2,1-2H3. The van der Waals surface area contributed by atoms with Crippen molar-refractivity contribution in [1.29, 1.82) is 0 Å². The molecule has 12 heteroatoms. The highest BCUT2D eigenvalue weighted by atomic mass is 32.2. The lowest BCUT2D eigenvalue weighted by molar-refractivity contribution is -0.152. The van der Waals surface area contributed by atoms with Crippen LogP contribution in [0, 0.1) is 30.4 Å². The van der Waals surface area contributed by atoms with Crippen molar-refractivity contribution < 1.29 is 36.0 Å². The van der Waals surface area contributed by atoms with Gasteiger partial charge < -0.3 is 14.2 Å². The molecule has 2 fully saturated rings. The van der Waals surface area contributed by atoms with Crippen LogP contribution >= 0.6 is 0 Å². The van der Waals surface area contributed by atoms with Crippen molar-refractivity contribution in [3.63, 3.8) is 0 Å². The molecule has 1 atom stereocenters. The van der Waals surface area contributed by atoms with E-state index in [0.29, 0.717) is 45.4 Å². The van der Waals surface area contributed by atoms with E-state index in [4.69, 9.17) is 9.26 Å². The van der Waals surface area contributed by atoms with Gasteiger partial charge in [-0.1, -0.05) is 5.16 Å². The number of hydrogen-bond donors (Lipinski definition) is 0. The SMILES string of the molecule is CCOC(=O)C1CCCN(C(=O)C2CCN(S(=O)(=O)c3c(C)noc3C=Cc3ccc(F)cc3F)CC2)C1. The van der Waals surface area contributed by atoms with Crippen LogP contribution in [-0.4, -0.2) is 67.4 Å². The van der Waals surface area contributed by atoms with Gasteiger partial charge in [0.2, 0.25) is 15.9 Å². The van der Waals surface area contributed by atoms with Crippen LogP contribution in [0.1, 0.15) is 49.6 Å². The van der Waals surface area contributed by atoms with E-state index in [1.807, 2.05) is 0 Å². The van der Waals surface area contributed by atoms with Gasteiger partial charge in [-0.2, -0.15) is 4.31 Å². The van der Waals surface area contributed by atoms with E-state index in [2.05, 4.69) is 5.16 Å². The summed E-state index contributed by atoms with van der Waals surface area (Å²) in [5.74, 6) is -2.62. The summed E-state index contributed by atoms with van der Waals surface area (Å²) in [6, 6.07) is 3.06. The summed E-state index contributed by atoms with van der Waals surface area (Å²) in [5, 5.41) is 3.78. The maximum absolute atomic E-state index is 14.0. The average molecular weight is 552 g/mol. The lowest BCUT2D eigenvalue weighted by atomic mass is 9.93. The molecule has 3 heterocycles. The van der Waals surface area contributed by atoms with Gasteiger partial charge in [0.15, 0.2) is 10.7 Å². The number of amides is 1. The predicted octanol–water partition coefficient (Wildman–Crippen LogP) is 3.63. The Morgan fingerprint density at radius 3 is 2.55 bits per heavy atom. The second kappa shape index (κ2) is 11.7. The lowest BCUT2D eigenvalue weighted by Gasteiger charge is -2.36. The quantitative estimate of drug-likeness (QED) is 0.484. The highest BCUT2D eigenvalue weighted by Crippen LogP contribution is 2.31. The van der Waals surface area contributed by atoms with Gasteiger partial charge in [-0.3, -0.25) is 9.59 Å². The number of likely N-dealkylation sites (tertiary alicyclic amines) is 1. The normalized spacial score (nSPS) is 19.7. The Hall–Kier alpha value is -3.12. The van der Waals surface area contributed by atoms with Crippen molar-refractivity contribution in [2.45, 2.75) is 44.4 Å². The highest BCUT2D eigenvalue weighted by Gasteiger charge is 2.38. The van der Waals surface area contributed by atoms with Crippen LogP contribution in [0.15, 0.2) is 27.6 Å². The van der Waals surface area contributed by atoms with Gasteiger partial charge in [-0.15, -0.1) is 0 Å². The van der Waals surface area contributed by atoms with Crippen molar-refractivity contribution >= 4 is 34.1 Å². The van der Waals surface area contributed by atoms with Gasteiger partial charge in [0.25, 0.3) is 0 Å². The molecule has 1 amide bonds. The number of sulfonamides is 1. The number of hydrogen-bond acceptors (Lipinski definition) is 7. The minimum Gasteiger partial charge on any atom is -0.466 e. The molecule has 4 rings (SSSR count). The van der Waals surface area contributed by atoms with Gasteiger partial charge in [0.05, 0.1) is 12.5 Å². The Kier molecular flexibility index (Phi) is 8.61. The third kappa shape index (κ3) is 5.96. The topological polar surface area (TPSA) is 110 Å². The first kappa shape index (κ1) is 27.9. The molecular weight excluding hydrogens is 520 g/mol. The van der Waals surface area contributed by atoms with Gasteiger partial charge in [-0.25, -0.2) is 17.2 Å². The van der Waals surface area contributed by atoms with Crippen molar-refractivity contribution in [1.82, 2.24) is 14.4 Å². The molecule has 0 N–H and O–H groups in total. The summed E-state index contributed by atoms with van der Waals surface area (Å²) in [6.45, 7) is 4.69. The minimum atomic E-state index is -4.02. The molecule has 9 nitrogen and oxygen atoms in total. The van der Waals surface area contributed by atoms with Crippen LogP contribution in [0.4, 0.5) is 8.78 Å². The van der Waals surface area contributed by atoms with Gasteiger partial charge in [0.1, 0.15) is 17.3 Å². The summed E-state index contributed by atoms with van der Waals surface area (Å²) in [5.41, 5.74) is 0.215. The summed E-state index contributed by atoms with van der Waals surface area (Å²) >= 11 is 0. The molecule has 0 radical (unpaired) electrons. The minimum absolute atomic E-state index is 0.0611. The third-order valence-electron chi connectivity index (χ3n) is 6.96. The molecule has 0 spiro atoms. The number of aromatic nitrogens is 1. The van der Waals surface area contributed by atoms with E-state index in [-0.39, 0.29) is 58.7 Å². The van der Waals surface area contributed by atoms with Crippen LogP contribution < -0.4 is 0 Å². The van der Waals surface area contributed by atoms with E-state index < -0.39 is 21.7 Å². The first-order valence-corrected chi connectivity index (χ1v) is 14.1. The summed E-state index contributed by atoms with van der Waals surface area (Å²) in [4.78, 5) is 26.9. The molecule has 2 aromatic rings. The Balaban J connectivity index is 1.42. The molecule has 0 bridgehead atoms. The van der Waals surface area contributed by atoms with E-state index in [9.17, 15) is 26.8 Å². The molecule has 2 saturated heterocycles. The van der Waals surface area contributed by atoms with Gasteiger partial charge in [0, 0.05) is 43.7 Å².